The molecule has 5 heteroatoms. The monoisotopic (exact) mass is 384 g/mol. The SMILES string of the molecule is COC(=O)[C@H](C)[C@@H](OCc1ccc(OC)cc1)[C@H](Cc1ccccc1)C(C)=O. The first kappa shape index (κ1) is 21.6. The number of carbonyl (C=O) groups excluding carboxylic acids is 2. The molecule has 0 saturated heterocycles. The lowest BCUT2D eigenvalue weighted by Gasteiger charge is -2.29. The summed E-state index contributed by atoms with van der Waals surface area (Å²) in [6, 6.07) is 17.2. The summed E-state index contributed by atoms with van der Waals surface area (Å²) in [6.45, 7) is 3.57. The maximum Gasteiger partial charge on any atom is 0.311 e. The highest BCUT2D eigenvalue weighted by atomic mass is 16.5. The van der Waals surface area contributed by atoms with E-state index in [-0.39, 0.29) is 18.4 Å². The Bertz CT molecular complexity index is 754. The van der Waals surface area contributed by atoms with Crippen LogP contribution in [0.2, 0.25) is 0 Å². The summed E-state index contributed by atoms with van der Waals surface area (Å²) in [5, 5.41) is 0. The van der Waals surface area contributed by atoms with Gasteiger partial charge < -0.3 is 14.2 Å². The summed E-state index contributed by atoms with van der Waals surface area (Å²) in [4.78, 5) is 24.6. The first-order valence-electron chi connectivity index (χ1n) is 9.33. The summed E-state index contributed by atoms with van der Waals surface area (Å²) in [5.74, 6) is -0.664. The molecule has 0 radical (unpaired) electrons. The highest BCUT2D eigenvalue weighted by Gasteiger charge is 2.35. The first-order valence-corrected chi connectivity index (χ1v) is 9.33. The van der Waals surface area contributed by atoms with Crippen LogP contribution in [0.1, 0.15) is 25.0 Å². The van der Waals surface area contributed by atoms with E-state index in [4.69, 9.17) is 14.2 Å². The second-order valence-corrected chi connectivity index (χ2v) is 6.84. The smallest absolute Gasteiger partial charge is 0.311 e. The van der Waals surface area contributed by atoms with Crippen LogP contribution in [-0.2, 0) is 32.1 Å². The third kappa shape index (κ3) is 5.92. The van der Waals surface area contributed by atoms with Gasteiger partial charge in [0, 0.05) is 5.92 Å². The van der Waals surface area contributed by atoms with Crippen molar-refractivity contribution in [2.45, 2.75) is 33.0 Å². The highest BCUT2D eigenvalue weighted by molar-refractivity contribution is 5.81. The molecule has 0 aliphatic carbocycles. The number of ketones is 1. The minimum absolute atomic E-state index is 0.0145. The molecule has 0 N–H and O–H groups in total. The Labute approximate surface area is 166 Å². The van der Waals surface area contributed by atoms with Gasteiger partial charge in [-0.25, -0.2) is 0 Å². The van der Waals surface area contributed by atoms with Crippen molar-refractivity contribution in [1.29, 1.82) is 0 Å². The number of esters is 1. The molecule has 0 fully saturated rings. The van der Waals surface area contributed by atoms with Gasteiger partial charge in [-0.3, -0.25) is 9.59 Å². The van der Waals surface area contributed by atoms with E-state index in [0.717, 1.165) is 16.9 Å². The summed E-state index contributed by atoms with van der Waals surface area (Å²) >= 11 is 0. The zero-order valence-electron chi connectivity index (χ0n) is 16.9. The molecule has 0 heterocycles. The largest absolute Gasteiger partial charge is 0.497 e. The molecule has 2 aromatic carbocycles. The molecular formula is C23H28O5. The number of hydrogen-bond donors (Lipinski definition) is 0. The molecular weight excluding hydrogens is 356 g/mol. The van der Waals surface area contributed by atoms with Gasteiger partial charge in [0.05, 0.1) is 32.8 Å². The van der Waals surface area contributed by atoms with Crippen molar-refractivity contribution in [3.63, 3.8) is 0 Å². The van der Waals surface area contributed by atoms with Crippen LogP contribution in [0.3, 0.4) is 0 Å². The second-order valence-electron chi connectivity index (χ2n) is 6.84. The van der Waals surface area contributed by atoms with Crippen LogP contribution in [0, 0.1) is 11.8 Å². The minimum atomic E-state index is -0.591. The number of rotatable bonds is 10. The summed E-state index contributed by atoms with van der Waals surface area (Å²) in [5.41, 5.74) is 1.96. The molecule has 0 aliphatic heterocycles. The van der Waals surface area contributed by atoms with Crippen LogP contribution in [0.4, 0.5) is 0 Å². The number of hydrogen-bond acceptors (Lipinski definition) is 5. The van der Waals surface area contributed by atoms with E-state index in [1.165, 1.54) is 7.11 Å². The summed E-state index contributed by atoms with van der Waals surface area (Å²) < 4.78 is 16.2. The molecule has 3 atom stereocenters. The molecule has 0 bridgehead atoms. The third-order valence-corrected chi connectivity index (χ3v) is 4.88. The van der Waals surface area contributed by atoms with Crippen molar-refractivity contribution >= 4 is 11.8 Å². The van der Waals surface area contributed by atoms with Crippen molar-refractivity contribution in [1.82, 2.24) is 0 Å². The van der Waals surface area contributed by atoms with E-state index in [0.29, 0.717) is 6.42 Å². The highest BCUT2D eigenvalue weighted by Crippen LogP contribution is 2.25. The van der Waals surface area contributed by atoms with Gasteiger partial charge in [0.1, 0.15) is 11.5 Å². The quantitative estimate of drug-likeness (QED) is 0.583. The van der Waals surface area contributed by atoms with Crippen LogP contribution < -0.4 is 4.74 Å². The maximum absolute atomic E-state index is 12.5. The molecule has 0 unspecified atom stereocenters. The van der Waals surface area contributed by atoms with Crippen LogP contribution in [-0.4, -0.2) is 32.1 Å². The Hall–Kier alpha value is -2.66. The zero-order chi connectivity index (χ0) is 20.5. The van der Waals surface area contributed by atoms with E-state index in [2.05, 4.69) is 0 Å². The Balaban J connectivity index is 2.22. The molecule has 0 spiro atoms. The summed E-state index contributed by atoms with van der Waals surface area (Å²) in [6.07, 6.45) is -0.0858. The van der Waals surface area contributed by atoms with Crippen LogP contribution in [0.15, 0.2) is 54.6 Å². The van der Waals surface area contributed by atoms with E-state index < -0.39 is 17.9 Å². The lowest BCUT2D eigenvalue weighted by molar-refractivity contribution is -0.154. The average molecular weight is 384 g/mol. The summed E-state index contributed by atoms with van der Waals surface area (Å²) in [7, 11) is 2.96. The van der Waals surface area contributed by atoms with Crippen LogP contribution >= 0.6 is 0 Å². The van der Waals surface area contributed by atoms with Gasteiger partial charge in [0.2, 0.25) is 0 Å². The van der Waals surface area contributed by atoms with Gasteiger partial charge in [-0.15, -0.1) is 0 Å². The fourth-order valence-electron chi connectivity index (χ4n) is 3.20. The van der Waals surface area contributed by atoms with Gasteiger partial charge in [-0.2, -0.15) is 0 Å². The first-order chi connectivity index (χ1) is 13.5. The molecule has 0 aliphatic rings. The predicted octanol–water partition coefficient (Wildman–Crippen LogP) is 3.84. The molecule has 0 aromatic heterocycles. The van der Waals surface area contributed by atoms with Crippen molar-refractivity contribution in [2.75, 3.05) is 14.2 Å². The lowest BCUT2D eigenvalue weighted by Crippen LogP contribution is -2.40. The predicted molar refractivity (Wildman–Crippen MR) is 107 cm³/mol. The lowest BCUT2D eigenvalue weighted by atomic mass is 9.84. The Morgan fingerprint density at radius 3 is 2.11 bits per heavy atom. The number of ether oxygens (including phenoxy) is 3. The van der Waals surface area contributed by atoms with Crippen molar-refractivity contribution < 1.29 is 23.8 Å². The molecule has 2 aromatic rings. The topological polar surface area (TPSA) is 61.8 Å². The molecule has 0 saturated carbocycles. The van der Waals surface area contributed by atoms with Gasteiger partial charge in [0.25, 0.3) is 0 Å². The number of methoxy groups -OCH3 is 2. The molecule has 28 heavy (non-hydrogen) atoms. The Morgan fingerprint density at radius 1 is 0.929 bits per heavy atom. The van der Waals surface area contributed by atoms with E-state index in [9.17, 15) is 9.59 Å². The fraction of sp³-hybridized carbons (Fsp3) is 0.391. The number of benzene rings is 2. The van der Waals surface area contributed by atoms with E-state index in [1.54, 1.807) is 21.0 Å². The van der Waals surface area contributed by atoms with Crippen molar-refractivity contribution in [3.05, 3.63) is 65.7 Å². The Kier molecular flexibility index (Phi) is 8.20. The number of carbonyl (C=O) groups is 2. The standard InChI is InChI=1S/C23H28O5/c1-16(23(25)27-4)22(28-15-19-10-12-20(26-3)13-11-19)21(17(2)24)14-18-8-6-5-7-9-18/h5-13,16,21-22H,14-15H2,1-4H3/t16-,21-,22-/m1/s1. The average Bonchev–Trinajstić information content (AvgIpc) is 2.73. The fourth-order valence-corrected chi connectivity index (χ4v) is 3.20. The van der Waals surface area contributed by atoms with E-state index in [1.807, 2.05) is 54.6 Å². The van der Waals surface area contributed by atoms with E-state index >= 15 is 0 Å². The van der Waals surface area contributed by atoms with Gasteiger partial charge >= 0.3 is 5.97 Å². The Morgan fingerprint density at radius 2 is 1.57 bits per heavy atom. The normalized spacial score (nSPS) is 14.0. The van der Waals surface area contributed by atoms with Crippen LogP contribution in [0.5, 0.6) is 5.75 Å². The van der Waals surface area contributed by atoms with Gasteiger partial charge in [0.15, 0.2) is 0 Å². The van der Waals surface area contributed by atoms with Crippen molar-refractivity contribution in [2.24, 2.45) is 11.8 Å². The van der Waals surface area contributed by atoms with Crippen molar-refractivity contribution in [3.8, 4) is 5.75 Å². The third-order valence-electron chi connectivity index (χ3n) is 4.88. The number of Topliss-reactive ketones (excluding diaryl/α,β-unsaturated/α-hetero) is 1. The zero-order valence-corrected chi connectivity index (χ0v) is 16.9. The molecule has 2 rings (SSSR count). The van der Waals surface area contributed by atoms with Gasteiger partial charge in [-0.1, -0.05) is 42.5 Å². The molecule has 0 amide bonds. The molecule has 150 valence electrons. The second kappa shape index (κ2) is 10.6. The minimum Gasteiger partial charge on any atom is -0.497 e. The van der Waals surface area contributed by atoms with Crippen LogP contribution in [0.25, 0.3) is 0 Å². The maximum atomic E-state index is 12.5. The van der Waals surface area contributed by atoms with Gasteiger partial charge in [-0.05, 0) is 43.5 Å². The molecule has 5 nitrogen and oxygen atoms in total.